The lowest BCUT2D eigenvalue weighted by Crippen LogP contribution is -2.59. The molecule has 0 aliphatic heterocycles. The summed E-state index contributed by atoms with van der Waals surface area (Å²) in [5.41, 5.74) is 3.92. The molecule has 2 aliphatic carbocycles. The summed E-state index contributed by atoms with van der Waals surface area (Å²) in [5, 5.41) is 9.87. The summed E-state index contributed by atoms with van der Waals surface area (Å²) < 4.78 is 41.0. The SMILES string of the molecule is CC1([C@@](C)(N)[C@H]2CC(F)(F)C[C@H]2O)CC=CC=C1F. The highest BCUT2D eigenvalue weighted by Crippen LogP contribution is 2.53. The molecule has 3 N–H and O–H groups in total. The van der Waals surface area contributed by atoms with Crippen molar-refractivity contribution in [3.8, 4) is 0 Å². The van der Waals surface area contributed by atoms with Gasteiger partial charge in [0.1, 0.15) is 5.83 Å². The third-order valence-corrected chi connectivity index (χ3v) is 4.88. The lowest BCUT2D eigenvalue weighted by atomic mass is 9.61. The van der Waals surface area contributed by atoms with Crippen molar-refractivity contribution in [2.45, 2.75) is 50.7 Å². The Morgan fingerprint density at radius 3 is 2.53 bits per heavy atom. The number of alkyl halides is 2. The van der Waals surface area contributed by atoms with Crippen LogP contribution in [-0.2, 0) is 0 Å². The van der Waals surface area contributed by atoms with Gasteiger partial charge in [-0.1, -0.05) is 19.1 Å². The number of hydrogen-bond donors (Lipinski definition) is 2. The number of hydrogen-bond acceptors (Lipinski definition) is 2. The summed E-state index contributed by atoms with van der Waals surface area (Å²) >= 11 is 0. The van der Waals surface area contributed by atoms with Gasteiger partial charge in [0.25, 0.3) is 5.92 Å². The molecule has 0 aromatic rings. The van der Waals surface area contributed by atoms with E-state index < -0.39 is 47.6 Å². The van der Waals surface area contributed by atoms with Crippen molar-refractivity contribution in [3.63, 3.8) is 0 Å². The van der Waals surface area contributed by atoms with Crippen molar-refractivity contribution >= 4 is 0 Å². The minimum absolute atomic E-state index is 0.344. The predicted molar refractivity (Wildman–Crippen MR) is 67.3 cm³/mol. The van der Waals surface area contributed by atoms with Crippen LogP contribution < -0.4 is 5.73 Å². The first kappa shape index (κ1) is 14.6. The highest BCUT2D eigenvalue weighted by molar-refractivity contribution is 5.27. The number of aliphatic hydroxyl groups is 1. The highest BCUT2D eigenvalue weighted by Gasteiger charge is 2.58. The summed E-state index contributed by atoms with van der Waals surface area (Å²) in [5.74, 6) is -4.16. The van der Waals surface area contributed by atoms with Crippen LogP contribution in [0.25, 0.3) is 0 Å². The molecule has 1 fully saturated rings. The molecule has 19 heavy (non-hydrogen) atoms. The zero-order valence-electron chi connectivity index (χ0n) is 11.2. The third kappa shape index (κ3) is 2.23. The molecule has 5 heteroatoms. The van der Waals surface area contributed by atoms with E-state index in [9.17, 15) is 18.3 Å². The number of aliphatic hydroxyl groups excluding tert-OH is 1. The maximum atomic E-state index is 14.2. The van der Waals surface area contributed by atoms with E-state index in [1.165, 1.54) is 6.08 Å². The van der Waals surface area contributed by atoms with Crippen LogP contribution in [0.15, 0.2) is 24.1 Å². The highest BCUT2D eigenvalue weighted by atomic mass is 19.3. The third-order valence-electron chi connectivity index (χ3n) is 4.88. The standard InChI is InChI=1S/C14H20F3NO/c1-12(6-4-3-5-11(12)15)13(2,18)9-7-14(16,17)8-10(9)19/h3-5,9-10,19H,6-8,18H2,1-2H3/t9-,10+,12?,13-/m0/s1. The molecule has 1 saturated carbocycles. The quantitative estimate of drug-likeness (QED) is 0.814. The fourth-order valence-electron chi connectivity index (χ4n) is 3.23. The molecule has 0 radical (unpaired) electrons. The van der Waals surface area contributed by atoms with Crippen LogP contribution in [0.3, 0.4) is 0 Å². The molecule has 0 amide bonds. The topological polar surface area (TPSA) is 46.2 Å². The smallest absolute Gasteiger partial charge is 0.251 e. The Balaban J connectivity index is 2.33. The van der Waals surface area contributed by atoms with Gasteiger partial charge in [-0.3, -0.25) is 0 Å². The average molecular weight is 275 g/mol. The molecule has 0 heterocycles. The minimum Gasteiger partial charge on any atom is -0.393 e. The molecule has 0 saturated heterocycles. The summed E-state index contributed by atoms with van der Waals surface area (Å²) in [6.45, 7) is 3.19. The maximum absolute atomic E-state index is 14.2. The molecule has 0 bridgehead atoms. The predicted octanol–water partition coefficient (Wildman–Crippen LogP) is 2.93. The number of halogens is 3. The Kier molecular flexibility index (Phi) is 3.34. The first-order valence-corrected chi connectivity index (χ1v) is 6.48. The second-order valence-electron chi connectivity index (χ2n) is 6.20. The van der Waals surface area contributed by atoms with Crippen molar-refractivity contribution in [1.82, 2.24) is 0 Å². The van der Waals surface area contributed by atoms with Crippen molar-refractivity contribution in [3.05, 3.63) is 24.1 Å². The Labute approximate surface area is 111 Å². The molecule has 2 rings (SSSR count). The first-order valence-electron chi connectivity index (χ1n) is 6.48. The van der Waals surface area contributed by atoms with E-state index in [0.29, 0.717) is 6.42 Å². The molecule has 2 nitrogen and oxygen atoms in total. The van der Waals surface area contributed by atoms with Gasteiger partial charge in [-0.05, 0) is 19.4 Å². The lowest BCUT2D eigenvalue weighted by molar-refractivity contribution is -0.00636. The largest absolute Gasteiger partial charge is 0.393 e. The molecule has 108 valence electrons. The van der Waals surface area contributed by atoms with Crippen molar-refractivity contribution in [2.24, 2.45) is 17.1 Å². The zero-order valence-corrected chi connectivity index (χ0v) is 11.2. The van der Waals surface area contributed by atoms with Gasteiger partial charge in [-0.15, -0.1) is 0 Å². The van der Waals surface area contributed by atoms with Gasteiger partial charge in [0, 0.05) is 29.7 Å². The van der Waals surface area contributed by atoms with Crippen LogP contribution >= 0.6 is 0 Å². The summed E-state index contributed by atoms with van der Waals surface area (Å²) in [7, 11) is 0. The zero-order chi connectivity index (χ0) is 14.5. The number of allylic oxidation sites excluding steroid dienone is 3. The van der Waals surface area contributed by atoms with E-state index in [0.717, 1.165) is 0 Å². The molecular formula is C14H20F3NO. The van der Waals surface area contributed by atoms with Gasteiger partial charge in [0.15, 0.2) is 0 Å². The molecule has 2 aliphatic rings. The van der Waals surface area contributed by atoms with Crippen molar-refractivity contribution < 1.29 is 18.3 Å². The van der Waals surface area contributed by atoms with Crippen LogP contribution in [0.1, 0.15) is 33.1 Å². The van der Waals surface area contributed by atoms with Crippen molar-refractivity contribution in [2.75, 3.05) is 0 Å². The second-order valence-corrected chi connectivity index (χ2v) is 6.20. The average Bonchev–Trinajstić information content (AvgIpc) is 2.57. The van der Waals surface area contributed by atoms with E-state index in [-0.39, 0.29) is 0 Å². The number of rotatable bonds is 2. The maximum Gasteiger partial charge on any atom is 0.251 e. The van der Waals surface area contributed by atoms with E-state index in [1.54, 1.807) is 26.0 Å². The molecule has 4 atom stereocenters. The first-order chi connectivity index (χ1) is 8.60. The van der Waals surface area contributed by atoms with Crippen LogP contribution in [0.4, 0.5) is 13.2 Å². The Hall–Kier alpha value is -0.810. The van der Waals surface area contributed by atoms with Crippen LogP contribution in [0.5, 0.6) is 0 Å². The van der Waals surface area contributed by atoms with Crippen LogP contribution in [0.2, 0.25) is 0 Å². The Morgan fingerprint density at radius 2 is 2.05 bits per heavy atom. The minimum atomic E-state index is -2.92. The van der Waals surface area contributed by atoms with E-state index in [1.807, 2.05) is 0 Å². The van der Waals surface area contributed by atoms with E-state index in [2.05, 4.69) is 0 Å². The van der Waals surface area contributed by atoms with Crippen LogP contribution in [-0.4, -0.2) is 22.7 Å². The number of nitrogens with two attached hydrogens (primary N) is 1. The Bertz CT molecular complexity index is 430. The van der Waals surface area contributed by atoms with Gasteiger partial charge in [0.05, 0.1) is 6.10 Å². The molecular weight excluding hydrogens is 255 g/mol. The van der Waals surface area contributed by atoms with Crippen LogP contribution in [0, 0.1) is 11.3 Å². The summed E-state index contributed by atoms with van der Waals surface area (Å²) in [6.07, 6.45) is 2.74. The van der Waals surface area contributed by atoms with Gasteiger partial charge in [-0.2, -0.15) is 0 Å². The van der Waals surface area contributed by atoms with E-state index in [4.69, 9.17) is 5.73 Å². The van der Waals surface area contributed by atoms with Gasteiger partial charge in [0.2, 0.25) is 0 Å². The second kappa shape index (κ2) is 4.35. The molecule has 1 unspecified atom stereocenters. The van der Waals surface area contributed by atoms with Gasteiger partial charge < -0.3 is 10.8 Å². The Morgan fingerprint density at radius 1 is 1.42 bits per heavy atom. The normalized spacial score (nSPS) is 40.9. The molecule has 0 aromatic carbocycles. The molecule has 0 aromatic heterocycles. The fourth-order valence-corrected chi connectivity index (χ4v) is 3.23. The van der Waals surface area contributed by atoms with Gasteiger partial charge in [-0.25, -0.2) is 13.2 Å². The molecule has 0 spiro atoms. The lowest BCUT2D eigenvalue weighted by Gasteiger charge is -2.48. The monoisotopic (exact) mass is 275 g/mol. The van der Waals surface area contributed by atoms with E-state index >= 15 is 0 Å². The summed E-state index contributed by atoms with van der Waals surface area (Å²) in [4.78, 5) is 0. The fraction of sp³-hybridized carbons (Fsp3) is 0.714. The van der Waals surface area contributed by atoms with Crippen molar-refractivity contribution in [1.29, 1.82) is 0 Å². The van der Waals surface area contributed by atoms with Gasteiger partial charge >= 0.3 is 0 Å². The summed E-state index contributed by atoms with van der Waals surface area (Å²) in [6, 6.07) is 0.